The molecule has 7 nitrogen and oxygen atoms in total. The first-order valence-electron chi connectivity index (χ1n) is 10.5. The molecule has 0 saturated carbocycles. The number of hydrogen-bond acceptors (Lipinski definition) is 7. The molecule has 4 atom stereocenters. The molecule has 31 heavy (non-hydrogen) atoms. The lowest BCUT2D eigenvalue weighted by molar-refractivity contribution is 0.0701. The van der Waals surface area contributed by atoms with Crippen LogP contribution in [0.2, 0.25) is 0 Å². The first-order valence-corrected chi connectivity index (χ1v) is 10.5. The van der Waals surface area contributed by atoms with E-state index in [2.05, 4.69) is 15.1 Å². The lowest BCUT2D eigenvalue weighted by atomic mass is 9.95. The third-order valence-electron chi connectivity index (χ3n) is 6.99. The molecule has 2 aromatic heterocycles. The number of alkyl halides is 1. The van der Waals surface area contributed by atoms with Gasteiger partial charge in [0.05, 0.1) is 23.4 Å². The highest BCUT2D eigenvalue weighted by Gasteiger charge is 2.47. The van der Waals surface area contributed by atoms with Crippen molar-refractivity contribution in [1.29, 1.82) is 0 Å². The van der Waals surface area contributed by atoms with Crippen LogP contribution in [0.15, 0.2) is 39.7 Å². The van der Waals surface area contributed by atoms with Gasteiger partial charge in [0.25, 0.3) is 0 Å². The predicted octanol–water partition coefficient (Wildman–Crippen LogP) is 3.27. The Balaban J connectivity index is 1.45. The summed E-state index contributed by atoms with van der Waals surface area (Å²) in [7, 11) is 3.87. The van der Waals surface area contributed by atoms with E-state index in [9.17, 15) is 9.90 Å². The van der Waals surface area contributed by atoms with E-state index in [0.29, 0.717) is 39.6 Å². The van der Waals surface area contributed by atoms with Gasteiger partial charge in [-0.1, -0.05) is 0 Å². The van der Waals surface area contributed by atoms with Crippen molar-refractivity contribution >= 4 is 16.8 Å². The number of phenolic OH excluding ortho intramolecular Hbond substituents is 1. The van der Waals surface area contributed by atoms with Gasteiger partial charge < -0.3 is 14.4 Å². The molecular formula is C23H25FN4O3. The summed E-state index contributed by atoms with van der Waals surface area (Å²) in [5.41, 5.74) is 1.47. The second-order valence-electron chi connectivity index (χ2n) is 8.71. The van der Waals surface area contributed by atoms with Gasteiger partial charge >= 0.3 is 0 Å². The summed E-state index contributed by atoms with van der Waals surface area (Å²) in [5, 5.41) is 19.4. The van der Waals surface area contributed by atoms with Crippen LogP contribution in [0.25, 0.3) is 22.2 Å². The maximum atomic E-state index is 15.1. The molecule has 1 aromatic carbocycles. The third-order valence-corrected chi connectivity index (χ3v) is 6.99. The van der Waals surface area contributed by atoms with Gasteiger partial charge in [-0.3, -0.25) is 9.69 Å². The minimum Gasteiger partial charge on any atom is -0.507 e. The number of halogens is 1. The van der Waals surface area contributed by atoms with E-state index < -0.39 is 6.17 Å². The summed E-state index contributed by atoms with van der Waals surface area (Å²) in [5.74, 6) is 0.529. The quantitative estimate of drug-likeness (QED) is 0.691. The molecule has 0 spiro atoms. The number of aryl methyl sites for hydroxylation is 1. The first-order chi connectivity index (χ1) is 14.8. The molecule has 0 aliphatic carbocycles. The van der Waals surface area contributed by atoms with E-state index >= 15 is 4.39 Å². The van der Waals surface area contributed by atoms with E-state index in [-0.39, 0.29) is 23.3 Å². The van der Waals surface area contributed by atoms with Crippen molar-refractivity contribution in [1.82, 2.24) is 15.1 Å². The van der Waals surface area contributed by atoms with Crippen molar-refractivity contribution in [3.05, 3.63) is 46.3 Å². The molecule has 0 radical (unpaired) electrons. The molecular weight excluding hydrogens is 399 g/mol. The molecule has 2 saturated heterocycles. The zero-order valence-electron chi connectivity index (χ0n) is 17.7. The molecule has 1 N–H and O–H groups in total. The molecule has 4 heterocycles. The maximum Gasteiger partial charge on any atom is 0.195 e. The Morgan fingerprint density at radius 3 is 2.81 bits per heavy atom. The Bertz CT molecular complexity index is 1200. The zero-order chi connectivity index (χ0) is 21.9. The second kappa shape index (κ2) is 7.30. The molecule has 2 aliphatic heterocycles. The predicted molar refractivity (Wildman–Crippen MR) is 116 cm³/mol. The van der Waals surface area contributed by atoms with E-state index in [1.165, 1.54) is 12.3 Å². The van der Waals surface area contributed by atoms with Crippen LogP contribution < -0.4 is 10.3 Å². The van der Waals surface area contributed by atoms with Gasteiger partial charge in [-0.15, -0.1) is 10.2 Å². The standard InChI is InChI=1S/C23H25FN4O3/c1-12-11-31-20-10-19(29)14(9-15(20)23(12)30)16-5-7-21(26-25-16)28(3)18-8-13-4-6-17(22(18)24)27(13)2/h5,7,9-11,13,17-18,22,29H,4,6,8H2,1-3H3/t13?,17?,18-,22+/m1/s1. The van der Waals surface area contributed by atoms with Crippen LogP contribution in [0.3, 0.4) is 0 Å². The minimum atomic E-state index is -0.942. The zero-order valence-corrected chi connectivity index (χ0v) is 17.7. The number of benzene rings is 1. The number of fused-ring (bicyclic) bond motifs is 3. The Kier molecular flexibility index (Phi) is 4.69. The maximum absolute atomic E-state index is 15.1. The van der Waals surface area contributed by atoms with Crippen LogP contribution in [-0.4, -0.2) is 58.6 Å². The number of piperidine rings is 1. The Labute approximate surface area is 179 Å². The highest BCUT2D eigenvalue weighted by molar-refractivity contribution is 5.86. The van der Waals surface area contributed by atoms with E-state index in [1.807, 2.05) is 19.0 Å². The summed E-state index contributed by atoms with van der Waals surface area (Å²) in [6.45, 7) is 1.68. The van der Waals surface area contributed by atoms with Gasteiger partial charge in [-0.25, -0.2) is 4.39 Å². The van der Waals surface area contributed by atoms with Gasteiger partial charge in [-0.2, -0.15) is 0 Å². The molecule has 3 aromatic rings. The van der Waals surface area contributed by atoms with Gasteiger partial charge in [0, 0.05) is 36.3 Å². The SMILES string of the molecule is Cc1coc2cc(O)c(-c3ccc(N(C)[C@@H]4CC5CCC([C@@H]4F)N5C)nn3)cc2c1=O. The Morgan fingerprint density at radius 1 is 1.26 bits per heavy atom. The lowest BCUT2D eigenvalue weighted by Crippen LogP contribution is -2.56. The van der Waals surface area contributed by atoms with E-state index in [1.54, 1.807) is 25.1 Å². The lowest BCUT2D eigenvalue weighted by Gasteiger charge is -2.43. The summed E-state index contributed by atoms with van der Waals surface area (Å²) in [6, 6.07) is 6.62. The normalized spacial score (nSPS) is 25.8. The van der Waals surface area contributed by atoms with Gasteiger partial charge in [0.2, 0.25) is 0 Å². The molecule has 8 heteroatoms. The van der Waals surface area contributed by atoms with E-state index in [4.69, 9.17) is 4.42 Å². The molecule has 2 aliphatic rings. The number of hydrogen-bond donors (Lipinski definition) is 1. The molecule has 162 valence electrons. The summed E-state index contributed by atoms with van der Waals surface area (Å²) in [4.78, 5) is 16.5. The molecule has 0 amide bonds. The number of aromatic hydroxyl groups is 1. The van der Waals surface area contributed by atoms with Crippen molar-refractivity contribution in [2.75, 3.05) is 19.0 Å². The monoisotopic (exact) mass is 424 g/mol. The summed E-state index contributed by atoms with van der Waals surface area (Å²) >= 11 is 0. The Hall–Kier alpha value is -3.00. The summed E-state index contributed by atoms with van der Waals surface area (Å²) < 4.78 is 20.5. The number of aromatic nitrogens is 2. The second-order valence-corrected chi connectivity index (χ2v) is 8.71. The van der Waals surface area contributed by atoms with Crippen molar-refractivity contribution in [2.24, 2.45) is 0 Å². The average molecular weight is 424 g/mol. The molecule has 5 rings (SSSR count). The minimum absolute atomic E-state index is 0.0388. The molecule has 2 unspecified atom stereocenters. The van der Waals surface area contributed by atoms with Crippen LogP contribution in [0, 0.1) is 6.92 Å². The highest BCUT2D eigenvalue weighted by Crippen LogP contribution is 2.39. The third kappa shape index (κ3) is 3.17. The Morgan fingerprint density at radius 2 is 2.06 bits per heavy atom. The van der Waals surface area contributed by atoms with Crippen molar-refractivity contribution < 1.29 is 13.9 Å². The van der Waals surface area contributed by atoms with Gasteiger partial charge in [-0.05, 0) is 51.4 Å². The fourth-order valence-electron chi connectivity index (χ4n) is 5.04. The number of anilines is 1. The number of phenols is 1. The van der Waals surface area contributed by atoms with Crippen molar-refractivity contribution in [3.63, 3.8) is 0 Å². The van der Waals surface area contributed by atoms with Crippen molar-refractivity contribution in [3.8, 4) is 17.0 Å². The fourth-order valence-corrected chi connectivity index (χ4v) is 5.04. The average Bonchev–Trinajstić information content (AvgIpc) is 3.03. The number of rotatable bonds is 3. The summed E-state index contributed by atoms with van der Waals surface area (Å²) in [6.07, 6.45) is 3.12. The molecule has 2 bridgehead atoms. The topological polar surface area (TPSA) is 82.7 Å². The van der Waals surface area contributed by atoms with Crippen LogP contribution in [0.4, 0.5) is 10.2 Å². The highest BCUT2D eigenvalue weighted by atomic mass is 19.1. The smallest absolute Gasteiger partial charge is 0.195 e. The van der Waals surface area contributed by atoms with Gasteiger partial charge in [0.1, 0.15) is 17.5 Å². The number of nitrogens with zero attached hydrogens (tertiary/aromatic N) is 4. The van der Waals surface area contributed by atoms with Crippen molar-refractivity contribution in [2.45, 2.75) is 50.5 Å². The van der Waals surface area contributed by atoms with Gasteiger partial charge in [0.15, 0.2) is 11.2 Å². The molecule has 2 fully saturated rings. The van der Waals surface area contributed by atoms with Crippen LogP contribution in [0.5, 0.6) is 5.75 Å². The van der Waals surface area contributed by atoms with E-state index in [0.717, 1.165) is 19.3 Å². The van der Waals surface area contributed by atoms with Crippen LogP contribution in [0.1, 0.15) is 24.8 Å². The largest absolute Gasteiger partial charge is 0.507 e. The first kappa shape index (κ1) is 19.9. The fraction of sp³-hybridized carbons (Fsp3) is 0.435. The van der Waals surface area contributed by atoms with Crippen LogP contribution in [-0.2, 0) is 0 Å². The van der Waals surface area contributed by atoms with Crippen LogP contribution >= 0.6 is 0 Å².